The monoisotopic (exact) mass is 191 g/mol. The molecule has 14 heavy (non-hydrogen) atoms. The summed E-state index contributed by atoms with van der Waals surface area (Å²) < 4.78 is 5.30. The van der Waals surface area contributed by atoms with Gasteiger partial charge in [-0.15, -0.1) is 6.58 Å². The zero-order valence-electron chi connectivity index (χ0n) is 8.19. The van der Waals surface area contributed by atoms with Crippen LogP contribution in [0.4, 0.5) is 0 Å². The molecule has 0 atom stereocenters. The summed E-state index contributed by atoms with van der Waals surface area (Å²) in [5.74, 6) is 0.500. The van der Waals surface area contributed by atoms with Gasteiger partial charge in [-0.25, -0.2) is 4.98 Å². The minimum Gasteiger partial charge on any atom is -0.477 e. The van der Waals surface area contributed by atoms with Crippen LogP contribution in [0.15, 0.2) is 31.0 Å². The van der Waals surface area contributed by atoms with Crippen LogP contribution in [0, 0.1) is 0 Å². The van der Waals surface area contributed by atoms with Crippen molar-refractivity contribution in [1.29, 1.82) is 0 Å². The summed E-state index contributed by atoms with van der Waals surface area (Å²) in [7, 11) is 0. The molecule has 0 radical (unpaired) electrons. The third-order valence-corrected chi connectivity index (χ3v) is 1.71. The molecule has 0 aliphatic carbocycles. The molecular weight excluding hydrogens is 178 g/mol. The van der Waals surface area contributed by atoms with Crippen LogP contribution in [0.1, 0.15) is 23.7 Å². The minimum atomic E-state index is 0.0148. The lowest BCUT2D eigenvalue weighted by molar-refractivity contribution is 0.101. The number of carbonyl (C=O) groups is 1. The maximum Gasteiger partial charge on any atom is 0.213 e. The van der Waals surface area contributed by atoms with Crippen molar-refractivity contribution in [2.24, 2.45) is 0 Å². The molecule has 0 aromatic carbocycles. The Morgan fingerprint density at radius 2 is 2.50 bits per heavy atom. The molecule has 0 saturated heterocycles. The second-order valence-corrected chi connectivity index (χ2v) is 2.86. The summed E-state index contributed by atoms with van der Waals surface area (Å²) in [6, 6.07) is 3.31. The Morgan fingerprint density at radius 1 is 1.71 bits per heavy atom. The van der Waals surface area contributed by atoms with E-state index >= 15 is 0 Å². The molecular formula is C11H13NO2. The number of rotatable bonds is 5. The number of hydrogen-bond acceptors (Lipinski definition) is 3. The fourth-order valence-corrected chi connectivity index (χ4v) is 0.954. The van der Waals surface area contributed by atoms with Crippen molar-refractivity contribution in [3.63, 3.8) is 0 Å². The summed E-state index contributed by atoms with van der Waals surface area (Å²) in [5.41, 5.74) is 0.619. The van der Waals surface area contributed by atoms with Crippen molar-refractivity contribution >= 4 is 5.78 Å². The molecule has 0 saturated carbocycles. The molecule has 0 amide bonds. The molecule has 0 bridgehead atoms. The molecule has 0 fully saturated rings. The normalized spacial score (nSPS) is 9.50. The second kappa shape index (κ2) is 5.17. The number of pyridine rings is 1. The van der Waals surface area contributed by atoms with E-state index in [1.54, 1.807) is 24.4 Å². The van der Waals surface area contributed by atoms with E-state index in [1.807, 2.05) is 0 Å². The quantitative estimate of drug-likeness (QED) is 0.407. The highest BCUT2D eigenvalue weighted by Gasteiger charge is 2.01. The van der Waals surface area contributed by atoms with E-state index in [9.17, 15) is 4.79 Å². The topological polar surface area (TPSA) is 39.2 Å². The summed E-state index contributed by atoms with van der Waals surface area (Å²) in [6.45, 7) is 5.64. The minimum absolute atomic E-state index is 0.0148. The Balaban J connectivity index is 2.63. The van der Waals surface area contributed by atoms with Crippen LogP contribution in [-0.2, 0) is 0 Å². The predicted octanol–water partition coefficient (Wildman–Crippen LogP) is 2.24. The first-order valence-electron chi connectivity index (χ1n) is 4.44. The number of ether oxygens (including phenoxy) is 1. The maximum atomic E-state index is 11.0. The predicted molar refractivity (Wildman–Crippen MR) is 54.6 cm³/mol. The second-order valence-electron chi connectivity index (χ2n) is 2.86. The van der Waals surface area contributed by atoms with E-state index in [1.165, 1.54) is 6.92 Å². The van der Waals surface area contributed by atoms with Crippen molar-refractivity contribution in [1.82, 2.24) is 4.98 Å². The Bertz CT molecular complexity index is 334. The first-order chi connectivity index (χ1) is 6.74. The van der Waals surface area contributed by atoms with Crippen LogP contribution in [0.2, 0.25) is 0 Å². The number of Topliss-reactive ketones (excluding diaryl/α,β-unsaturated/α-hetero) is 1. The van der Waals surface area contributed by atoms with E-state index in [-0.39, 0.29) is 5.78 Å². The number of carbonyl (C=O) groups excluding carboxylic acids is 1. The van der Waals surface area contributed by atoms with Gasteiger partial charge in [0.1, 0.15) is 0 Å². The summed E-state index contributed by atoms with van der Waals surface area (Å²) in [5, 5.41) is 0. The summed E-state index contributed by atoms with van der Waals surface area (Å²) in [6.07, 6.45) is 4.11. The van der Waals surface area contributed by atoms with Crippen molar-refractivity contribution < 1.29 is 9.53 Å². The van der Waals surface area contributed by atoms with Gasteiger partial charge < -0.3 is 4.74 Å². The number of hydrogen-bond donors (Lipinski definition) is 0. The highest BCUT2D eigenvalue weighted by molar-refractivity contribution is 5.94. The Morgan fingerprint density at radius 3 is 3.14 bits per heavy atom. The SMILES string of the molecule is C=CCCOc1cc(C(C)=O)ccn1. The van der Waals surface area contributed by atoms with E-state index in [0.29, 0.717) is 18.1 Å². The van der Waals surface area contributed by atoms with Gasteiger partial charge in [-0.1, -0.05) is 6.08 Å². The molecule has 1 heterocycles. The van der Waals surface area contributed by atoms with Crippen molar-refractivity contribution in [2.75, 3.05) is 6.61 Å². The van der Waals surface area contributed by atoms with Crippen LogP contribution < -0.4 is 4.74 Å². The molecule has 0 N–H and O–H groups in total. The zero-order valence-corrected chi connectivity index (χ0v) is 8.19. The standard InChI is InChI=1S/C11H13NO2/c1-3-4-7-14-11-8-10(9(2)13)5-6-12-11/h3,5-6,8H,1,4,7H2,2H3. The molecule has 1 rings (SSSR count). The highest BCUT2D eigenvalue weighted by Crippen LogP contribution is 2.09. The molecule has 3 heteroatoms. The maximum absolute atomic E-state index is 11.0. The average Bonchev–Trinajstić information content (AvgIpc) is 2.19. The van der Waals surface area contributed by atoms with Gasteiger partial charge in [0.2, 0.25) is 5.88 Å². The van der Waals surface area contributed by atoms with Crippen LogP contribution in [0.5, 0.6) is 5.88 Å². The Hall–Kier alpha value is -1.64. The molecule has 1 aromatic rings. The largest absolute Gasteiger partial charge is 0.477 e. The third kappa shape index (κ3) is 3.01. The smallest absolute Gasteiger partial charge is 0.213 e. The molecule has 1 aromatic heterocycles. The van der Waals surface area contributed by atoms with Crippen molar-refractivity contribution in [2.45, 2.75) is 13.3 Å². The van der Waals surface area contributed by atoms with Gasteiger partial charge in [0, 0.05) is 17.8 Å². The van der Waals surface area contributed by atoms with E-state index < -0.39 is 0 Å². The van der Waals surface area contributed by atoms with Gasteiger partial charge in [0.15, 0.2) is 5.78 Å². The average molecular weight is 191 g/mol. The zero-order chi connectivity index (χ0) is 10.4. The molecule has 0 aliphatic heterocycles. The van der Waals surface area contributed by atoms with Crippen LogP contribution in [0.3, 0.4) is 0 Å². The van der Waals surface area contributed by atoms with Gasteiger partial charge in [-0.05, 0) is 19.4 Å². The van der Waals surface area contributed by atoms with Gasteiger partial charge in [0.25, 0.3) is 0 Å². The first kappa shape index (κ1) is 10.4. The fourth-order valence-electron chi connectivity index (χ4n) is 0.954. The Labute approximate surface area is 83.4 Å². The Kier molecular flexibility index (Phi) is 3.85. The van der Waals surface area contributed by atoms with Gasteiger partial charge >= 0.3 is 0 Å². The van der Waals surface area contributed by atoms with Gasteiger partial charge in [0.05, 0.1) is 6.61 Å². The molecule has 0 spiro atoms. The molecule has 3 nitrogen and oxygen atoms in total. The molecule has 0 aliphatic rings. The fraction of sp³-hybridized carbons (Fsp3) is 0.273. The summed E-state index contributed by atoms with van der Waals surface area (Å²) in [4.78, 5) is 15.0. The highest BCUT2D eigenvalue weighted by atomic mass is 16.5. The first-order valence-corrected chi connectivity index (χ1v) is 4.44. The number of aromatic nitrogens is 1. The van der Waals surface area contributed by atoms with E-state index in [2.05, 4.69) is 11.6 Å². The lowest BCUT2D eigenvalue weighted by Crippen LogP contribution is -1.99. The lowest BCUT2D eigenvalue weighted by Gasteiger charge is -2.03. The van der Waals surface area contributed by atoms with Gasteiger partial charge in [-0.3, -0.25) is 4.79 Å². The van der Waals surface area contributed by atoms with Crippen LogP contribution in [0.25, 0.3) is 0 Å². The number of nitrogens with zero attached hydrogens (tertiary/aromatic N) is 1. The van der Waals surface area contributed by atoms with Crippen LogP contribution >= 0.6 is 0 Å². The van der Waals surface area contributed by atoms with Crippen molar-refractivity contribution in [3.05, 3.63) is 36.5 Å². The van der Waals surface area contributed by atoms with E-state index in [4.69, 9.17) is 4.74 Å². The third-order valence-electron chi connectivity index (χ3n) is 1.71. The van der Waals surface area contributed by atoms with Crippen LogP contribution in [-0.4, -0.2) is 17.4 Å². The molecule has 0 unspecified atom stereocenters. The number of ketones is 1. The van der Waals surface area contributed by atoms with Crippen molar-refractivity contribution in [3.8, 4) is 5.88 Å². The lowest BCUT2D eigenvalue weighted by atomic mass is 10.2. The van der Waals surface area contributed by atoms with E-state index in [0.717, 1.165) is 6.42 Å². The summed E-state index contributed by atoms with van der Waals surface area (Å²) >= 11 is 0. The molecule has 74 valence electrons. The van der Waals surface area contributed by atoms with Gasteiger partial charge in [-0.2, -0.15) is 0 Å².